The zero-order valence-corrected chi connectivity index (χ0v) is 28.2. The van der Waals surface area contributed by atoms with Crippen LogP contribution in [-0.4, -0.2) is 77.2 Å². The number of rotatable bonds is 14. The van der Waals surface area contributed by atoms with Crippen LogP contribution in [0.1, 0.15) is 40.7 Å². The molecule has 1 saturated heterocycles. The number of nitrogens with two attached hydrogens (primary N) is 1. The van der Waals surface area contributed by atoms with E-state index in [-0.39, 0.29) is 34.3 Å². The second-order valence-electron chi connectivity index (χ2n) is 9.33. The van der Waals surface area contributed by atoms with Gasteiger partial charge < -0.3 is 39.5 Å². The number of ether oxygens (including phenoxy) is 3. The zero-order valence-electron chi connectivity index (χ0n) is 23.9. The van der Waals surface area contributed by atoms with Crippen molar-refractivity contribution in [2.75, 3.05) is 25.7 Å². The maximum atomic E-state index is 13.5. The van der Waals surface area contributed by atoms with Crippen molar-refractivity contribution in [1.29, 1.82) is 0 Å². The Hall–Kier alpha value is -2.29. The summed E-state index contributed by atoms with van der Waals surface area (Å²) in [6, 6.07) is 4.74. The number of hydrogen-bond acceptors (Lipinski definition) is 16. The van der Waals surface area contributed by atoms with Gasteiger partial charge in [-0.05, 0) is 36.9 Å². The molecule has 7 N–H and O–H groups in total. The lowest BCUT2D eigenvalue weighted by molar-refractivity contribution is -0.0490. The number of carbonyl (C=O) groups is 1. The molecule has 254 valence electrons. The number of methoxy groups -OCH3 is 1. The first kappa shape index (κ1) is 36.5. The van der Waals surface area contributed by atoms with Gasteiger partial charge in [-0.25, -0.2) is 23.5 Å². The Kier molecular flexibility index (Phi) is 11.5. The molecule has 0 spiro atoms. The molecule has 20 nitrogen and oxygen atoms in total. The van der Waals surface area contributed by atoms with Crippen molar-refractivity contribution in [2.45, 2.75) is 37.0 Å². The summed E-state index contributed by atoms with van der Waals surface area (Å²) < 4.78 is 65.7. The van der Waals surface area contributed by atoms with Crippen LogP contribution in [0.2, 0.25) is 0 Å². The topological polar surface area (TPSA) is 294 Å². The molecular formula is C21H28N5O15P3S2. The fourth-order valence-electron chi connectivity index (χ4n) is 4.36. The van der Waals surface area contributed by atoms with Gasteiger partial charge in [-0.2, -0.15) is 13.6 Å². The van der Waals surface area contributed by atoms with Gasteiger partial charge >= 0.3 is 29.4 Å². The average Bonchev–Trinajstić information content (AvgIpc) is 3.53. The summed E-state index contributed by atoms with van der Waals surface area (Å²) in [5.74, 6) is -0.543. The van der Waals surface area contributed by atoms with Gasteiger partial charge in [0.2, 0.25) is 5.95 Å². The third kappa shape index (κ3) is 9.19. The maximum absolute atomic E-state index is 13.5. The van der Waals surface area contributed by atoms with E-state index in [1.54, 1.807) is 12.1 Å². The molecule has 4 rings (SSSR count). The molecule has 1 fully saturated rings. The van der Waals surface area contributed by atoms with Crippen LogP contribution in [0.25, 0.3) is 11.2 Å². The molecular weight excluding hydrogens is 719 g/mol. The van der Waals surface area contributed by atoms with E-state index in [4.69, 9.17) is 34.3 Å². The van der Waals surface area contributed by atoms with E-state index in [1.165, 1.54) is 45.7 Å². The first-order valence-corrected chi connectivity index (χ1v) is 19.8. The molecule has 0 saturated carbocycles. The summed E-state index contributed by atoms with van der Waals surface area (Å²) in [4.78, 5) is 73.2. The second-order valence-corrected chi connectivity index (χ2v) is 16.6. The van der Waals surface area contributed by atoms with Gasteiger partial charge in [0.1, 0.15) is 24.2 Å². The third-order valence-electron chi connectivity index (χ3n) is 6.17. The van der Waals surface area contributed by atoms with Crippen molar-refractivity contribution in [1.82, 2.24) is 19.5 Å². The van der Waals surface area contributed by atoms with E-state index in [9.17, 15) is 33.1 Å². The van der Waals surface area contributed by atoms with Crippen molar-refractivity contribution < 1.29 is 65.4 Å². The lowest BCUT2D eigenvalue weighted by Crippen LogP contribution is -2.31. The van der Waals surface area contributed by atoms with Crippen LogP contribution < -0.4 is 16.0 Å². The average molecular weight is 748 g/mol. The number of nitrogens with zero attached hydrogens (tertiary/aromatic N) is 3. The van der Waals surface area contributed by atoms with E-state index < -0.39 is 60.0 Å². The summed E-state index contributed by atoms with van der Waals surface area (Å²) in [6.45, 7) is 0.951. The van der Waals surface area contributed by atoms with E-state index in [2.05, 4.69) is 23.6 Å². The smallest absolute Gasteiger partial charge is 0.490 e. The number of aromatic amines is 1. The summed E-state index contributed by atoms with van der Waals surface area (Å²) in [7, 11) is -12.5. The van der Waals surface area contributed by atoms with Crippen molar-refractivity contribution in [3.8, 4) is 5.75 Å². The number of aromatic nitrogens is 4. The third-order valence-corrected chi connectivity index (χ3v) is 12.2. The van der Waals surface area contributed by atoms with Gasteiger partial charge in [0, 0.05) is 11.7 Å². The molecule has 0 aliphatic carbocycles. The number of nitrogen functional groups attached to an aromatic ring is 1. The normalized spacial score (nSPS) is 21.8. The van der Waals surface area contributed by atoms with Crippen LogP contribution in [0.5, 0.6) is 5.75 Å². The predicted octanol–water partition coefficient (Wildman–Crippen LogP) is 2.64. The second kappa shape index (κ2) is 14.4. The van der Waals surface area contributed by atoms with E-state index in [1.807, 2.05) is 13.2 Å². The maximum Gasteiger partial charge on any atom is 0.490 e. The fraction of sp³-hybridized carbons (Fsp3) is 0.429. The van der Waals surface area contributed by atoms with Crippen LogP contribution in [0.4, 0.5) is 5.95 Å². The lowest BCUT2D eigenvalue weighted by Gasteiger charge is -2.22. The van der Waals surface area contributed by atoms with Crippen LogP contribution in [-0.2, 0) is 36.3 Å². The summed E-state index contributed by atoms with van der Waals surface area (Å²) in [5.41, 5.74) is 5.71. The van der Waals surface area contributed by atoms with Gasteiger partial charge in [-0.1, -0.05) is 21.6 Å². The number of phosphoric acid groups is 3. The molecule has 0 bridgehead atoms. The lowest BCUT2D eigenvalue weighted by atomic mass is 10.0. The molecule has 1 aromatic carbocycles. The van der Waals surface area contributed by atoms with Crippen LogP contribution >= 0.6 is 45.1 Å². The number of esters is 1. The number of anilines is 1. The Morgan fingerprint density at radius 1 is 1.22 bits per heavy atom. The van der Waals surface area contributed by atoms with Crippen LogP contribution in [0.3, 0.4) is 0 Å². The molecule has 6 atom stereocenters. The van der Waals surface area contributed by atoms with Gasteiger partial charge in [-0.3, -0.25) is 18.9 Å². The number of imidazole rings is 1. The standard InChI is InChI=1S/C21H28N5O15P3S2/c1-10(46-45-3)13-6-11(36-2)4-5-12(13)20(28)39-14-7-16(26-9-23-17-18(26)24-21(22)25-19(17)27)38-15(14)8-37-43(32,33)41-44(34,35)40-42(29,30)31/h4-6,9-10,14-16H,7-8H2,1-3H3,(H,32,33)(H,34,35)(H2,29,30,31)(H3,22,24,25,27)/t10?,14?,15-,16-/m1/s1. The van der Waals surface area contributed by atoms with Gasteiger partial charge in [-0.15, -0.1) is 0 Å². The van der Waals surface area contributed by atoms with Crippen molar-refractivity contribution in [3.05, 3.63) is 46.0 Å². The van der Waals surface area contributed by atoms with Crippen LogP contribution in [0, 0.1) is 0 Å². The van der Waals surface area contributed by atoms with Crippen molar-refractivity contribution in [2.24, 2.45) is 0 Å². The Morgan fingerprint density at radius 3 is 2.59 bits per heavy atom. The zero-order chi connectivity index (χ0) is 34.0. The Labute approximate surface area is 267 Å². The molecule has 4 unspecified atom stereocenters. The van der Waals surface area contributed by atoms with Crippen molar-refractivity contribution >= 4 is 68.1 Å². The Morgan fingerprint density at radius 2 is 1.93 bits per heavy atom. The summed E-state index contributed by atoms with van der Waals surface area (Å²) in [6.07, 6.45) is -0.712. The van der Waals surface area contributed by atoms with Gasteiger partial charge in [0.15, 0.2) is 11.2 Å². The minimum Gasteiger partial charge on any atom is -0.497 e. The van der Waals surface area contributed by atoms with Crippen LogP contribution in [0.15, 0.2) is 29.3 Å². The number of phosphoric ester groups is 1. The minimum absolute atomic E-state index is 0.00483. The Balaban J connectivity index is 1.62. The highest BCUT2D eigenvalue weighted by molar-refractivity contribution is 8.76. The highest BCUT2D eigenvalue weighted by Crippen LogP contribution is 2.66. The van der Waals surface area contributed by atoms with E-state index in [0.29, 0.717) is 11.3 Å². The first-order chi connectivity index (χ1) is 21.4. The van der Waals surface area contributed by atoms with E-state index >= 15 is 0 Å². The monoisotopic (exact) mass is 747 g/mol. The minimum atomic E-state index is -5.80. The predicted molar refractivity (Wildman–Crippen MR) is 163 cm³/mol. The molecule has 46 heavy (non-hydrogen) atoms. The molecule has 0 amide bonds. The number of fused-ring (bicyclic) bond motifs is 1. The number of carbonyl (C=O) groups excluding carboxylic acids is 1. The molecule has 1 aliphatic rings. The SMILES string of the molecule is COc1ccc(C(=O)OC2C[C@H](n3cnc4c(=O)[nH]c(N)nc43)O[C@@H]2COP(=O)(O)OP(=O)(O)OP(=O)(O)O)c(C(C)SSC)c1. The highest BCUT2D eigenvalue weighted by Gasteiger charge is 2.44. The first-order valence-electron chi connectivity index (χ1n) is 12.7. The van der Waals surface area contributed by atoms with Gasteiger partial charge in [0.05, 0.1) is 25.6 Å². The quantitative estimate of drug-likeness (QED) is 0.0784. The summed E-state index contributed by atoms with van der Waals surface area (Å²) in [5, 5.41) is -0.187. The molecule has 3 heterocycles. The largest absolute Gasteiger partial charge is 0.497 e. The molecule has 0 radical (unpaired) electrons. The molecule has 1 aliphatic heterocycles. The number of H-pyrrole nitrogens is 1. The highest BCUT2D eigenvalue weighted by atomic mass is 33.1. The fourth-order valence-corrected chi connectivity index (χ4v) is 9.15. The van der Waals surface area contributed by atoms with Gasteiger partial charge in [0.25, 0.3) is 5.56 Å². The number of benzene rings is 1. The molecule has 25 heteroatoms. The van der Waals surface area contributed by atoms with E-state index in [0.717, 1.165) is 0 Å². The van der Waals surface area contributed by atoms with Crippen molar-refractivity contribution in [3.63, 3.8) is 0 Å². The number of nitrogens with one attached hydrogen (secondary N) is 1. The number of hydrogen-bond donors (Lipinski definition) is 6. The molecule has 3 aromatic rings. The molecule has 2 aromatic heterocycles. The Bertz CT molecular complexity index is 1800. The summed E-state index contributed by atoms with van der Waals surface area (Å²) >= 11 is 0.